The van der Waals surface area contributed by atoms with Crippen molar-refractivity contribution in [2.45, 2.75) is 46.3 Å². The zero-order valence-corrected chi connectivity index (χ0v) is 13.4. The fraction of sp³-hybridized carbons (Fsp3) is 0.467. The van der Waals surface area contributed by atoms with E-state index < -0.39 is 7.60 Å². The third kappa shape index (κ3) is 4.48. The van der Waals surface area contributed by atoms with E-state index in [1.165, 1.54) is 0 Å². The molecular weight excluding hydrogens is 275 g/mol. The lowest BCUT2D eigenvalue weighted by molar-refractivity contribution is 0.192. The summed E-state index contributed by atoms with van der Waals surface area (Å²) in [6.45, 7) is 11.2. The third-order valence-corrected chi connectivity index (χ3v) is 4.38. The Kier molecular flexibility index (Phi) is 6.00. The number of rotatable bonds is 7. The monoisotopic (exact) mass is 298 g/mol. The molecular formula is C15H23O4P. The summed E-state index contributed by atoms with van der Waals surface area (Å²) in [4.78, 5) is 10.0. The summed E-state index contributed by atoms with van der Waals surface area (Å²) in [6, 6.07) is 4.83. The normalized spacial score (nSPS) is 15.7. The molecule has 0 aliphatic heterocycles. The zero-order valence-electron chi connectivity index (χ0n) is 12.5. The van der Waals surface area contributed by atoms with Gasteiger partial charge in [-0.2, -0.15) is 0 Å². The molecule has 1 rings (SSSR count). The molecule has 112 valence electrons. The second kappa shape index (κ2) is 7.07. The first-order valence-electron chi connectivity index (χ1n) is 6.75. The van der Waals surface area contributed by atoms with Crippen LogP contribution in [-0.2, 0) is 9.09 Å². The summed E-state index contributed by atoms with van der Waals surface area (Å²) in [6.07, 6.45) is 2.03. The van der Waals surface area contributed by atoms with Crippen LogP contribution in [0.15, 0.2) is 24.8 Å². The van der Waals surface area contributed by atoms with Crippen molar-refractivity contribution >= 4 is 19.0 Å². The third-order valence-electron chi connectivity index (χ3n) is 2.80. The van der Waals surface area contributed by atoms with Gasteiger partial charge in [0, 0.05) is 5.56 Å². The molecule has 20 heavy (non-hydrogen) atoms. The first-order chi connectivity index (χ1) is 9.30. The second-order valence-corrected chi connectivity index (χ2v) is 6.71. The Morgan fingerprint density at radius 3 is 2.55 bits per heavy atom. The van der Waals surface area contributed by atoms with Gasteiger partial charge in [-0.15, -0.1) is 0 Å². The summed E-state index contributed by atoms with van der Waals surface area (Å²) in [5.74, 6) is 0.641. The Labute approximate surface area is 121 Å². The molecule has 0 heterocycles. The lowest BCUT2D eigenvalue weighted by atomic mass is 10.2. The minimum absolute atomic E-state index is 0.0249. The second-order valence-electron chi connectivity index (χ2n) is 4.94. The average molecular weight is 298 g/mol. The van der Waals surface area contributed by atoms with Gasteiger partial charge in [0.2, 0.25) is 0 Å². The van der Waals surface area contributed by atoms with E-state index in [1.807, 2.05) is 20.8 Å². The van der Waals surface area contributed by atoms with Crippen molar-refractivity contribution < 1.29 is 18.7 Å². The molecule has 0 aliphatic rings. The minimum atomic E-state index is -3.82. The maximum Gasteiger partial charge on any atom is 0.359 e. The van der Waals surface area contributed by atoms with Crippen molar-refractivity contribution in [1.29, 1.82) is 0 Å². The van der Waals surface area contributed by atoms with E-state index in [9.17, 15) is 9.46 Å². The Balaban J connectivity index is 3.08. The van der Waals surface area contributed by atoms with Crippen molar-refractivity contribution in [3.8, 4) is 5.75 Å². The molecule has 0 saturated carbocycles. The van der Waals surface area contributed by atoms with E-state index >= 15 is 0 Å². The van der Waals surface area contributed by atoms with E-state index in [1.54, 1.807) is 31.2 Å². The number of ether oxygens (including phenoxy) is 1. The maximum absolute atomic E-state index is 12.2. The van der Waals surface area contributed by atoms with Crippen LogP contribution in [0.4, 0.5) is 0 Å². The molecule has 1 aromatic carbocycles. The number of benzene rings is 1. The van der Waals surface area contributed by atoms with Crippen LogP contribution in [0.1, 0.15) is 39.7 Å². The molecule has 2 unspecified atom stereocenters. The molecule has 1 aromatic rings. The van der Waals surface area contributed by atoms with Crippen molar-refractivity contribution in [2.75, 3.05) is 0 Å². The van der Waals surface area contributed by atoms with E-state index in [-0.39, 0.29) is 17.5 Å². The van der Waals surface area contributed by atoms with Crippen LogP contribution in [-0.4, -0.2) is 17.1 Å². The molecule has 0 saturated heterocycles. The molecule has 0 bridgehead atoms. The van der Waals surface area contributed by atoms with E-state index in [2.05, 4.69) is 6.58 Å². The van der Waals surface area contributed by atoms with Crippen LogP contribution in [0.3, 0.4) is 0 Å². The van der Waals surface area contributed by atoms with Gasteiger partial charge in [0.1, 0.15) is 5.75 Å². The van der Waals surface area contributed by atoms with Crippen molar-refractivity contribution in [3.63, 3.8) is 0 Å². The van der Waals surface area contributed by atoms with Gasteiger partial charge in [-0.25, -0.2) is 0 Å². The topological polar surface area (TPSA) is 55.8 Å². The zero-order chi connectivity index (χ0) is 15.3. The highest BCUT2D eigenvalue weighted by Crippen LogP contribution is 2.43. The van der Waals surface area contributed by atoms with Crippen LogP contribution < -0.4 is 10.0 Å². The van der Waals surface area contributed by atoms with Crippen LogP contribution in [0.5, 0.6) is 5.75 Å². The molecule has 5 heteroatoms. The summed E-state index contributed by atoms with van der Waals surface area (Å²) in [7, 11) is -3.82. The van der Waals surface area contributed by atoms with Crippen LogP contribution in [0, 0.1) is 0 Å². The minimum Gasteiger partial charge on any atom is -0.490 e. The van der Waals surface area contributed by atoms with Crippen molar-refractivity contribution in [1.82, 2.24) is 0 Å². The fourth-order valence-corrected chi connectivity index (χ4v) is 2.94. The molecule has 0 aromatic heterocycles. The SMILES string of the molecule is C=Cc1cc(P(=O)(O)OC(C)CC)ccc1OC(C)C. The van der Waals surface area contributed by atoms with Gasteiger partial charge in [0.15, 0.2) is 0 Å². The highest BCUT2D eigenvalue weighted by atomic mass is 31.2. The van der Waals surface area contributed by atoms with Gasteiger partial charge in [0.25, 0.3) is 0 Å². The van der Waals surface area contributed by atoms with Crippen LogP contribution in [0.2, 0.25) is 0 Å². The van der Waals surface area contributed by atoms with Gasteiger partial charge in [-0.05, 0) is 45.4 Å². The van der Waals surface area contributed by atoms with Crippen molar-refractivity contribution in [2.24, 2.45) is 0 Å². The largest absolute Gasteiger partial charge is 0.490 e. The Hall–Kier alpha value is -1.09. The Bertz CT molecular complexity index is 511. The molecule has 4 nitrogen and oxygen atoms in total. The van der Waals surface area contributed by atoms with Gasteiger partial charge in [-0.1, -0.05) is 19.6 Å². The molecule has 0 fully saturated rings. The van der Waals surface area contributed by atoms with Gasteiger partial charge >= 0.3 is 7.60 Å². The van der Waals surface area contributed by atoms with Crippen LogP contribution >= 0.6 is 7.60 Å². The van der Waals surface area contributed by atoms with Crippen molar-refractivity contribution in [3.05, 3.63) is 30.3 Å². The fourth-order valence-electron chi connectivity index (χ4n) is 1.61. The smallest absolute Gasteiger partial charge is 0.359 e. The van der Waals surface area contributed by atoms with Gasteiger partial charge in [-0.3, -0.25) is 4.57 Å². The first-order valence-corrected chi connectivity index (χ1v) is 8.32. The Morgan fingerprint density at radius 1 is 1.40 bits per heavy atom. The number of hydrogen-bond acceptors (Lipinski definition) is 3. The lowest BCUT2D eigenvalue weighted by Gasteiger charge is -2.18. The van der Waals surface area contributed by atoms with Crippen LogP contribution in [0.25, 0.3) is 6.08 Å². The van der Waals surface area contributed by atoms with E-state index in [0.717, 1.165) is 0 Å². The summed E-state index contributed by atoms with van der Waals surface area (Å²) >= 11 is 0. The molecule has 0 amide bonds. The summed E-state index contributed by atoms with van der Waals surface area (Å²) in [5.41, 5.74) is 0.679. The summed E-state index contributed by atoms with van der Waals surface area (Å²) in [5, 5.41) is 0.254. The van der Waals surface area contributed by atoms with Gasteiger partial charge in [0.05, 0.1) is 17.5 Å². The average Bonchev–Trinajstić information content (AvgIpc) is 2.37. The predicted molar refractivity (Wildman–Crippen MR) is 82.6 cm³/mol. The van der Waals surface area contributed by atoms with E-state index in [0.29, 0.717) is 17.7 Å². The Morgan fingerprint density at radius 2 is 2.05 bits per heavy atom. The standard InChI is InChI=1S/C15H23O4P/c1-6-12(5)19-20(16,17)14-8-9-15(18-11(3)4)13(7-2)10-14/h7-12H,2,6H2,1,3-5H3,(H,16,17). The van der Waals surface area contributed by atoms with Gasteiger partial charge < -0.3 is 14.2 Å². The molecule has 0 aliphatic carbocycles. The molecule has 0 spiro atoms. The highest BCUT2D eigenvalue weighted by Gasteiger charge is 2.26. The molecule has 2 atom stereocenters. The van der Waals surface area contributed by atoms with E-state index in [4.69, 9.17) is 9.26 Å². The molecule has 0 radical (unpaired) electrons. The highest BCUT2D eigenvalue weighted by molar-refractivity contribution is 7.61. The first kappa shape index (κ1) is 17.0. The molecule has 1 N–H and O–H groups in total. The maximum atomic E-state index is 12.2. The predicted octanol–water partition coefficient (Wildman–Crippen LogP) is 3.74. The number of hydrogen-bond donors (Lipinski definition) is 1. The quantitative estimate of drug-likeness (QED) is 0.779. The summed E-state index contributed by atoms with van der Waals surface area (Å²) < 4.78 is 23.1. The lowest BCUT2D eigenvalue weighted by Crippen LogP contribution is -2.14.